The van der Waals surface area contributed by atoms with E-state index in [0.29, 0.717) is 19.8 Å². The molecule has 2 amide bonds. The Morgan fingerprint density at radius 1 is 1.23 bits per heavy atom. The van der Waals surface area contributed by atoms with Crippen LogP contribution in [0, 0.1) is 0 Å². The summed E-state index contributed by atoms with van der Waals surface area (Å²) in [7, 11) is 1.54. The standard InChI is InChI=1S/C15H21N3O4/c1-3-22-13-6-4-12(5-7-13)11-17-18-15(20)10-14(19)16-8-9-21-2/h4-7,11H,3,8-10H2,1-2H3,(H,16,19)(H,18,20). The summed E-state index contributed by atoms with van der Waals surface area (Å²) in [6.45, 7) is 3.30. The number of ether oxygens (including phenoxy) is 2. The fourth-order valence-corrected chi connectivity index (χ4v) is 1.54. The monoisotopic (exact) mass is 307 g/mol. The lowest BCUT2D eigenvalue weighted by molar-refractivity contribution is -0.129. The fraction of sp³-hybridized carbons (Fsp3) is 0.400. The number of carbonyl (C=O) groups excluding carboxylic acids is 2. The predicted octanol–water partition coefficient (Wildman–Crippen LogP) is 0.688. The molecule has 0 aromatic heterocycles. The van der Waals surface area contributed by atoms with Gasteiger partial charge in [-0.3, -0.25) is 9.59 Å². The average Bonchev–Trinajstić information content (AvgIpc) is 2.49. The average molecular weight is 307 g/mol. The van der Waals surface area contributed by atoms with Gasteiger partial charge in [0.15, 0.2) is 0 Å². The molecule has 0 unspecified atom stereocenters. The molecular formula is C15H21N3O4. The quantitative estimate of drug-likeness (QED) is 0.304. The highest BCUT2D eigenvalue weighted by atomic mass is 16.5. The molecule has 0 aliphatic carbocycles. The van der Waals surface area contributed by atoms with Gasteiger partial charge in [-0.05, 0) is 36.8 Å². The van der Waals surface area contributed by atoms with Gasteiger partial charge in [0.05, 0.1) is 19.4 Å². The van der Waals surface area contributed by atoms with Crippen molar-refractivity contribution >= 4 is 18.0 Å². The van der Waals surface area contributed by atoms with Crippen molar-refractivity contribution < 1.29 is 19.1 Å². The van der Waals surface area contributed by atoms with E-state index in [4.69, 9.17) is 9.47 Å². The predicted molar refractivity (Wildman–Crippen MR) is 82.9 cm³/mol. The van der Waals surface area contributed by atoms with Gasteiger partial charge in [-0.25, -0.2) is 5.43 Å². The SMILES string of the molecule is CCOc1ccc(C=NNC(=O)CC(=O)NCCOC)cc1. The van der Waals surface area contributed by atoms with E-state index >= 15 is 0 Å². The van der Waals surface area contributed by atoms with Crippen molar-refractivity contribution in [2.45, 2.75) is 13.3 Å². The summed E-state index contributed by atoms with van der Waals surface area (Å²) in [5, 5.41) is 6.35. The highest BCUT2D eigenvalue weighted by molar-refractivity contribution is 5.97. The number of hydrogen-bond acceptors (Lipinski definition) is 5. The van der Waals surface area contributed by atoms with Gasteiger partial charge in [-0.15, -0.1) is 0 Å². The first-order valence-electron chi connectivity index (χ1n) is 6.96. The van der Waals surface area contributed by atoms with Crippen LogP contribution in [0.4, 0.5) is 0 Å². The third kappa shape index (κ3) is 7.39. The van der Waals surface area contributed by atoms with E-state index in [1.54, 1.807) is 0 Å². The topological polar surface area (TPSA) is 89.0 Å². The summed E-state index contributed by atoms with van der Waals surface area (Å²) in [6, 6.07) is 7.27. The Labute approximate surface area is 129 Å². The molecule has 7 heteroatoms. The Hall–Kier alpha value is -2.41. The van der Waals surface area contributed by atoms with Crippen molar-refractivity contribution in [3.8, 4) is 5.75 Å². The number of benzene rings is 1. The van der Waals surface area contributed by atoms with Crippen molar-refractivity contribution in [1.29, 1.82) is 0 Å². The number of rotatable bonds is 9. The second-order valence-corrected chi connectivity index (χ2v) is 4.31. The molecule has 0 aliphatic heterocycles. The zero-order chi connectivity index (χ0) is 16.2. The molecule has 0 spiro atoms. The van der Waals surface area contributed by atoms with Crippen LogP contribution in [-0.2, 0) is 14.3 Å². The first kappa shape index (κ1) is 17.6. The van der Waals surface area contributed by atoms with Crippen molar-refractivity contribution in [2.24, 2.45) is 5.10 Å². The largest absolute Gasteiger partial charge is 0.494 e. The summed E-state index contributed by atoms with van der Waals surface area (Å²) >= 11 is 0. The smallest absolute Gasteiger partial charge is 0.249 e. The van der Waals surface area contributed by atoms with Crippen LogP contribution >= 0.6 is 0 Å². The first-order chi connectivity index (χ1) is 10.7. The third-order valence-electron chi connectivity index (χ3n) is 2.54. The maximum atomic E-state index is 11.5. The van der Waals surface area contributed by atoms with Gasteiger partial charge in [0.25, 0.3) is 0 Å². The Balaban J connectivity index is 2.32. The van der Waals surface area contributed by atoms with E-state index in [0.717, 1.165) is 11.3 Å². The van der Waals surface area contributed by atoms with Crippen molar-refractivity contribution in [1.82, 2.24) is 10.7 Å². The Morgan fingerprint density at radius 3 is 2.59 bits per heavy atom. The summed E-state index contributed by atoms with van der Waals surface area (Å²) in [5.74, 6) is -0.0701. The van der Waals surface area contributed by atoms with E-state index < -0.39 is 5.91 Å². The summed E-state index contributed by atoms with van der Waals surface area (Å²) in [5.41, 5.74) is 3.11. The molecule has 120 valence electrons. The van der Waals surface area contributed by atoms with Gasteiger partial charge >= 0.3 is 0 Å². The number of hydrogen-bond donors (Lipinski definition) is 2. The van der Waals surface area contributed by atoms with Gasteiger partial charge in [0.2, 0.25) is 11.8 Å². The van der Waals surface area contributed by atoms with E-state index in [1.165, 1.54) is 13.3 Å². The van der Waals surface area contributed by atoms with Crippen LogP contribution in [0.25, 0.3) is 0 Å². The van der Waals surface area contributed by atoms with Gasteiger partial charge < -0.3 is 14.8 Å². The van der Waals surface area contributed by atoms with E-state index in [-0.39, 0.29) is 12.3 Å². The van der Waals surface area contributed by atoms with Gasteiger partial charge in [-0.2, -0.15) is 5.10 Å². The molecule has 0 aliphatic rings. The molecule has 22 heavy (non-hydrogen) atoms. The van der Waals surface area contributed by atoms with Gasteiger partial charge in [0, 0.05) is 13.7 Å². The van der Waals surface area contributed by atoms with Crippen LogP contribution in [0.1, 0.15) is 18.9 Å². The van der Waals surface area contributed by atoms with Crippen LogP contribution in [0.15, 0.2) is 29.4 Å². The second kappa shape index (κ2) is 10.3. The number of nitrogens with one attached hydrogen (secondary N) is 2. The molecule has 0 saturated heterocycles. The lowest BCUT2D eigenvalue weighted by Gasteiger charge is -2.03. The molecule has 0 heterocycles. The van der Waals surface area contributed by atoms with Crippen LogP contribution in [0.2, 0.25) is 0 Å². The highest BCUT2D eigenvalue weighted by Crippen LogP contribution is 2.10. The third-order valence-corrected chi connectivity index (χ3v) is 2.54. The van der Waals surface area contributed by atoms with Crippen LogP contribution in [-0.4, -0.2) is 44.9 Å². The number of carbonyl (C=O) groups is 2. The second-order valence-electron chi connectivity index (χ2n) is 4.31. The molecule has 0 atom stereocenters. The minimum Gasteiger partial charge on any atom is -0.494 e. The molecule has 0 fully saturated rings. The first-order valence-corrected chi connectivity index (χ1v) is 6.96. The van der Waals surface area contributed by atoms with Crippen LogP contribution < -0.4 is 15.5 Å². The molecular weight excluding hydrogens is 286 g/mol. The summed E-state index contributed by atoms with van der Waals surface area (Å²) in [6.07, 6.45) is 1.22. The lowest BCUT2D eigenvalue weighted by atomic mass is 10.2. The maximum Gasteiger partial charge on any atom is 0.249 e. The molecule has 1 rings (SSSR count). The molecule has 1 aromatic rings. The Kier molecular flexibility index (Phi) is 8.29. The molecule has 0 bridgehead atoms. The number of nitrogens with zero attached hydrogens (tertiary/aromatic N) is 1. The number of methoxy groups -OCH3 is 1. The zero-order valence-electron chi connectivity index (χ0n) is 12.8. The summed E-state index contributed by atoms with van der Waals surface area (Å²) < 4.78 is 10.1. The normalized spacial score (nSPS) is 10.5. The van der Waals surface area contributed by atoms with E-state index in [1.807, 2.05) is 31.2 Å². The van der Waals surface area contributed by atoms with Gasteiger partial charge in [-0.1, -0.05) is 0 Å². The lowest BCUT2D eigenvalue weighted by Crippen LogP contribution is -2.31. The highest BCUT2D eigenvalue weighted by Gasteiger charge is 2.07. The molecule has 1 aromatic carbocycles. The molecule has 0 saturated carbocycles. The van der Waals surface area contributed by atoms with Crippen LogP contribution in [0.5, 0.6) is 5.75 Å². The molecule has 0 radical (unpaired) electrons. The fourth-order valence-electron chi connectivity index (χ4n) is 1.54. The minimum atomic E-state index is -0.475. The summed E-state index contributed by atoms with van der Waals surface area (Å²) in [4.78, 5) is 22.8. The Bertz CT molecular complexity index is 500. The van der Waals surface area contributed by atoms with E-state index in [2.05, 4.69) is 15.8 Å². The van der Waals surface area contributed by atoms with E-state index in [9.17, 15) is 9.59 Å². The zero-order valence-corrected chi connectivity index (χ0v) is 12.8. The van der Waals surface area contributed by atoms with Gasteiger partial charge in [0.1, 0.15) is 12.2 Å². The van der Waals surface area contributed by atoms with Crippen molar-refractivity contribution in [3.63, 3.8) is 0 Å². The number of hydrazone groups is 1. The van der Waals surface area contributed by atoms with Crippen LogP contribution in [0.3, 0.4) is 0 Å². The Morgan fingerprint density at radius 2 is 1.95 bits per heavy atom. The van der Waals surface area contributed by atoms with Crippen molar-refractivity contribution in [2.75, 3.05) is 26.9 Å². The maximum absolute atomic E-state index is 11.5. The minimum absolute atomic E-state index is 0.273. The molecule has 2 N–H and O–H groups in total. The molecule has 7 nitrogen and oxygen atoms in total. The number of amides is 2. The van der Waals surface area contributed by atoms with Crippen molar-refractivity contribution in [3.05, 3.63) is 29.8 Å².